The maximum atomic E-state index is 12.0. The minimum atomic E-state index is -0.283. The van der Waals surface area contributed by atoms with Gasteiger partial charge in [0.2, 0.25) is 0 Å². The average molecular weight is 267 g/mol. The van der Waals surface area contributed by atoms with E-state index in [-0.39, 0.29) is 13.0 Å². The van der Waals surface area contributed by atoms with E-state index in [0.29, 0.717) is 18.8 Å². The summed E-state index contributed by atoms with van der Waals surface area (Å²) in [4.78, 5) is 12.0. The number of carbonyl (C=O) groups is 1. The molecule has 0 atom stereocenters. The first-order chi connectivity index (χ1) is 9.83. The normalized spacial score (nSPS) is 14.3. The number of hydrogen-bond donors (Lipinski definition) is 1. The van der Waals surface area contributed by atoms with Gasteiger partial charge in [0, 0.05) is 11.3 Å². The van der Waals surface area contributed by atoms with Crippen molar-refractivity contribution in [3.63, 3.8) is 0 Å². The number of amides is 1. The maximum Gasteiger partial charge on any atom is 0.494 e. The number of benzene rings is 2. The molecule has 2 aromatic carbocycles. The highest BCUT2D eigenvalue weighted by atomic mass is 16.6. The van der Waals surface area contributed by atoms with E-state index in [2.05, 4.69) is 5.32 Å². The van der Waals surface area contributed by atoms with E-state index in [9.17, 15) is 4.79 Å². The molecule has 100 valence electrons. The van der Waals surface area contributed by atoms with Crippen LogP contribution in [-0.4, -0.2) is 26.2 Å². The first-order valence-electron chi connectivity index (χ1n) is 6.52. The third-order valence-corrected chi connectivity index (χ3v) is 3.10. The zero-order valence-electron chi connectivity index (χ0n) is 10.9. The second kappa shape index (κ2) is 5.90. The number of nitrogens with one attached hydrogen (secondary N) is 1. The molecular formula is C15H14BNO3. The van der Waals surface area contributed by atoms with Gasteiger partial charge in [0.1, 0.15) is 0 Å². The van der Waals surface area contributed by atoms with E-state index in [1.165, 1.54) is 0 Å². The summed E-state index contributed by atoms with van der Waals surface area (Å²) in [6.07, 6.45) is 0. The van der Waals surface area contributed by atoms with Gasteiger partial charge in [0.25, 0.3) is 5.91 Å². The summed E-state index contributed by atoms with van der Waals surface area (Å²) in [5.74, 6) is -0.119. The fourth-order valence-electron chi connectivity index (χ4n) is 2.07. The van der Waals surface area contributed by atoms with Crippen molar-refractivity contribution in [3.05, 3.63) is 60.2 Å². The standard InChI is InChI=1S/C15H14BNO3/c18-15(12-4-2-1-3-5-12)17-14-8-6-13(7-9-14)16-19-10-11-20-16/h1-9H,10-11H2,(H,17,18). The summed E-state index contributed by atoms with van der Waals surface area (Å²) in [7, 11) is -0.283. The molecule has 1 fully saturated rings. The molecule has 0 saturated carbocycles. The van der Waals surface area contributed by atoms with Crippen molar-refractivity contribution in [2.75, 3.05) is 18.5 Å². The van der Waals surface area contributed by atoms with E-state index in [1.807, 2.05) is 42.5 Å². The first kappa shape index (κ1) is 12.9. The van der Waals surface area contributed by atoms with Crippen LogP contribution in [0.15, 0.2) is 54.6 Å². The molecule has 1 aliphatic heterocycles. The van der Waals surface area contributed by atoms with Crippen LogP contribution in [0.4, 0.5) is 5.69 Å². The minimum absolute atomic E-state index is 0.119. The molecule has 0 aromatic heterocycles. The maximum absolute atomic E-state index is 12.0. The second-order valence-electron chi connectivity index (χ2n) is 4.52. The Bertz CT molecular complexity index is 580. The van der Waals surface area contributed by atoms with Gasteiger partial charge < -0.3 is 14.6 Å². The highest BCUT2D eigenvalue weighted by Gasteiger charge is 2.25. The van der Waals surface area contributed by atoms with E-state index in [1.54, 1.807) is 12.1 Å². The fraction of sp³-hybridized carbons (Fsp3) is 0.133. The minimum Gasteiger partial charge on any atom is -0.405 e. The number of rotatable bonds is 3. The first-order valence-corrected chi connectivity index (χ1v) is 6.52. The lowest BCUT2D eigenvalue weighted by atomic mass is 9.79. The van der Waals surface area contributed by atoms with Crippen molar-refractivity contribution in [2.24, 2.45) is 0 Å². The molecule has 1 N–H and O–H groups in total. The van der Waals surface area contributed by atoms with Gasteiger partial charge in [-0.3, -0.25) is 4.79 Å². The predicted octanol–water partition coefficient (Wildman–Crippen LogP) is 1.68. The van der Waals surface area contributed by atoms with Crippen molar-refractivity contribution in [1.82, 2.24) is 0 Å². The molecule has 1 heterocycles. The lowest BCUT2D eigenvalue weighted by Gasteiger charge is -2.07. The summed E-state index contributed by atoms with van der Waals surface area (Å²) in [6, 6.07) is 16.6. The molecule has 1 saturated heterocycles. The predicted molar refractivity (Wildman–Crippen MR) is 78.1 cm³/mol. The van der Waals surface area contributed by atoms with Gasteiger partial charge >= 0.3 is 7.12 Å². The van der Waals surface area contributed by atoms with Crippen LogP contribution in [0.25, 0.3) is 0 Å². The molecule has 0 spiro atoms. The highest BCUT2D eigenvalue weighted by Crippen LogP contribution is 2.09. The number of carbonyl (C=O) groups excluding carboxylic acids is 1. The van der Waals surface area contributed by atoms with E-state index >= 15 is 0 Å². The van der Waals surface area contributed by atoms with Crippen LogP contribution >= 0.6 is 0 Å². The van der Waals surface area contributed by atoms with Gasteiger partial charge in [0.05, 0.1) is 13.2 Å². The quantitative estimate of drug-likeness (QED) is 0.861. The van der Waals surface area contributed by atoms with Crippen LogP contribution in [0.1, 0.15) is 10.4 Å². The zero-order chi connectivity index (χ0) is 13.8. The molecular weight excluding hydrogens is 253 g/mol. The molecule has 20 heavy (non-hydrogen) atoms. The Balaban J connectivity index is 1.67. The highest BCUT2D eigenvalue weighted by molar-refractivity contribution is 6.61. The van der Waals surface area contributed by atoms with Crippen molar-refractivity contribution in [1.29, 1.82) is 0 Å². The van der Waals surface area contributed by atoms with Crippen LogP contribution in [0, 0.1) is 0 Å². The lowest BCUT2D eigenvalue weighted by Crippen LogP contribution is -2.31. The van der Waals surface area contributed by atoms with Crippen LogP contribution < -0.4 is 10.8 Å². The Hall–Kier alpha value is -2.11. The van der Waals surface area contributed by atoms with Crippen LogP contribution in [0.3, 0.4) is 0 Å². The zero-order valence-corrected chi connectivity index (χ0v) is 10.9. The summed E-state index contributed by atoms with van der Waals surface area (Å²) in [6.45, 7) is 1.24. The molecule has 2 aromatic rings. The van der Waals surface area contributed by atoms with E-state index < -0.39 is 0 Å². The van der Waals surface area contributed by atoms with Crippen molar-refractivity contribution >= 4 is 24.2 Å². The van der Waals surface area contributed by atoms with Gasteiger partial charge in [-0.1, -0.05) is 30.3 Å². The Labute approximate surface area is 117 Å². The van der Waals surface area contributed by atoms with Crippen molar-refractivity contribution in [3.8, 4) is 0 Å². The van der Waals surface area contributed by atoms with Crippen molar-refractivity contribution < 1.29 is 14.1 Å². The van der Waals surface area contributed by atoms with Gasteiger partial charge in [-0.05, 0) is 29.7 Å². The molecule has 0 unspecified atom stereocenters. The lowest BCUT2D eigenvalue weighted by molar-refractivity contribution is 0.102. The Kier molecular flexibility index (Phi) is 3.81. The van der Waals surface area contributed by atoms with Gasteiger partial charge in [-0.2, -0.15) is 0 Å². The van der Waals surface area contributed by atoms with Gasteiger partial charge in [-0.15, -0.1) is 0 Å². The number of anilines is 1. The summed E-state index contributed by atoms with van der Waals surface area (Å²) in [5, 5.41) is 2.86. The SMILES string of the molecule is O=C(Nc1ccc(B2OCCO2)cc1)c1ccccc1. The fourth-order valence-corrected chi connectivity index (χ4v) is 2.07. The molecule has 4 nitrogen and oxygen atoms in total. The smallest absolute Gasteiger partial charge is 0.405 e. The van der Waals surface area contributed by atoms with Gasteiger partial charge in [0.15, 0.2) is 0 Å². The average Bonchev–Trinajstić information content (AvgIpc) is 3.03. The van der Waals surface area contributed by atoms with Gasteiger partial charge in [-0.25, -0.2) is 0 Å². The number of hydrogen-bond acceptors (Lipinski definition) is 3. The summed E-state index contributed by atoms with van der Waals surface area (Å²) >= 11 is 0. The molecule has 0 aliphatic carbocycles. The molecule has 5 heteroatoms. The van der Waals surface area contributed by atoms with Crippen molar-refractivity contribution in [2.45, 2.75) is 0 Å². The Morgan fingerprint density at radius 3 is 2.25 bits per heavy atom. The largest absolute Gasteiger partial charge is 0.494 e. The third kappa shape index (κ3) is 2.90. The van der Waals surface area contributed by atoms with E-state index in [0.717, 1.165) is 11.2 Å². The van der Waals surface area contributed by atoms with E-state index in [4.69, 9.17) is 9.31 Å². The topological polar surface area (TPSA) is 47.6 Å². The molecule has 0 radical (unpaired) electrons. The van der Waals surface area contributed by atoms with Crippen LogP contribution in [0.2, 0.25) is 0 Å². The molecule has 3 rings (SSSR count). The molecule has 1 aliphatic rings. The van der Waals surface area contributed by atoms with Crippen LogP contribution in [0.5, 0.6) is 0 Å². The summed E-state index contributed by atoms with van der Waals surface area (Å²) < 4.78 is 10.8. The Morgan fingerprint density at radius 2 is 1.60 bits per heavy atom. The molecule has 0 bridgehead atoms. The van der Waals surface area contributed by atoms with Crippen LogP contribution in [-0.2, 0) is 9.31 Å². The monoisotopic (exact) mass is 267 g/mol. The summed E-state index contributed by atoms with van der Waals surface area (Å²) in [5.41, 5.74) is 2.35. The third-order valence-electron chi connectivity index (χ3n) is 3.10. The second-order valence-corrected chi connectivity index (χ2v) is 4.52. The molecule has 1 amide bonds. The Morgan fingerprint density at radius 1 is 0.950 bits per heavy atom.